The van der Waals surface area contributed by atoms with Gasteiger partial charge in [-0.2, -0.15) is 0 Å². The normalized spacial score (nSPS) is 17.2. The van der Waals surface area contributed by atoms with E-state index in [2.05, 4.69) is 0 Å². The number of carbonyl (C=O) groups is 2. The Morgan fingerprint density at radius 3 is 2.42 bits per heavy atom. The fraction of sp³-hybridized carbons (Fsp3) is 0.200. The van der Waals surface area contributed by atoms with Crippen molar-refractivity contribution in [3.63, 3.8) is 0 Å². The number of hydrogen-bond acceptors (Lipinski definition) is 7. The quantitative estimate of drug-likeness (QED) is 0.205. The van der Waals surface area contributed by atoms with Gasteiger partial charge < -0.3 is 28.3 Å². The SMILES string of the molecule is COc1cc(OC)c([C@@H]2CC(=O)Oc3ccc4c(c32)O/C(=C/c2cn(C)c3ccccc23)C4=O)cc1OC. The predicted octanol–water partition coefficient (Wildman–Crippen LogP) is 5.26. The Kier molecular flexibility index (Phi) is 5.60. The highest BCUT2D eigenvalue weighted by Gasteiger charge is 2.40. The lowest BCUT2D eigenvalue weighted by atomic mass is 9.84. The van der Waals surface area contributed by atoms with Gasteiger partial charge in [-0.3, -0.25) is 9.59 Å². The summed E-state index contributed by atoms with van der Waals surface area (Å²) in [6, 6.07) is 14.8. The van der Waals surface area contributed by atoms with E-state index in [4.69, 9.17) is 23.7 Å². The van der Waals surface area contributed by atoms with E-state index in [1.54, 1.807) is 51.7 Å². The van der Waals surface area contributed by atoms with Gasteiger partial charge in [-0.1, -0.05) is 18.2 Å². The lowest BCUT2D eigenvalue weighted by Crippen LogP contribution is -2.22. The van der Waals surface area contributed by atoms with Crippen LogP contribution in [-0.2, 0) is 11.8 Å². The second kappa shape index (κ2) is 8.99. The highest BCUT2D eigenvalue weighted by atomic mass is 16.5. The van der Waals surface area contributed by atoms with Crippen LogP contribution in [0.1, 0.15) is 39.4 Å². The molecule has 3 heterocycles. The zero-order valence-electron chi connectivity index (χ0n) is 21.4. The highest BCUT2D eigenvalue weighted by molar-refractivity contribution is 6.15. The van der Waals surface area contributed by atoms with E-state index in [-0.39, 0.29) is 18.0 Å². The van der Waals surface area contributed by atoms with Gasteiger partial charge >= 0.3 is 5.97 Å². The van der Waals surface area contributed by atoms with Gasteiger partial charge in [0.15, 0.2) is 17.3 Å². The molecule has 192 valence electrons. The summed E-state index contributed by atoms with van der Waals surface area (Å²) in [4.78, 5) is 26.1. The number of benzene rings is 3. The van der Waals surface area contributed by atoms with Gasteiger partial charge in [0, 0.05) is 52.8 Å². The van der Waals surface area contributed by atoms with Crippen LogP contribution in [0.25, 0.3) is 17.0 Å². The first-order valence-corrected chi connectivity index (χ1v) is 12.1. The van der Waals surface area contributed by atoms with Gasteiger partial charge in [-0.25, -0.2) is 0 Å². The fourth-order valence-corrected chi connectivity index (χ4v) is 5.33. The van der Waals surface area contributed by atoms with Gasteiger partial charge in [-0.15, -0.1) is 0 Å². The molecular formula is C30H25NO7. The van der Waals surface area contributed by atoms with Crippen LogP contribution in [0.2, 0.25) is 0 Å². The van der Waals surface area contributed by atoms with Crippen molar-refractivity contribution in [2.24, 2.45) is 7.05 Å². The number of fused-ring (bicyclic) bond motifs is 4. The summed E-state index contributed by atoms with van der Waals surface area (Å²) in [6.07, 6.45) is 3.76. The van der Waals surface area contributed by atoms with Crippen LogP contribution in [0.4, 0.5) is 0 Å². The maximum atomic E-state index is 13.5. The van der Waals surface area contributed by atoms with E-state index >= 15 is 0 Å². The van der Waals surface area contributed by atoms with Crippen molar-refractivity contribution in [2.75, 3.05) is 21.3 Å². The summed E-state index contributed by atoms with van der Waals surface area (Å²) in [7, 11) is 6.59. The summed E-state index contributed by atoms with van der Waals surface area (Å²) in [6.45, 7) is 0. The van der Waals surface area contributed by atoms with Crippen LogP contribution in [-0.4, -0.2) is 37.6 Å². The molecule has 0 spiro atoms. The van der Waals surface area contributed by atoms with E-state index in [1.165, 1.54) is 0 Å². The Bertz CT molecular complexity index is 1660. The maximum absolute atomic E-state index is 13.5. The number of hydrogen-bond donors (Lipinski definition) is 0. The Hall–Kier alpha value is -4.72. The molecule has 0 saturated heterocycles. The fourth-order valence-electron chi connectivity index (χ4n) is 5.33. The second-order valence-corrected chi connectivity index (χ2v) is 9.19. The molecule has 6 rings (SSSR count). The molecular weight excluding hydrogens is 486 g/mol. The van der Waals surface area contributed by atoms with Gasteiger partial charge in [-0.05, 0) is 30.3 Å². The highest BCUT2D eigenvalue weighted by Crippen LogP contribution is 2.52. The molecule has 1 atom stereocenters. The van der Waals surface area contributed by atoms with Gasteiger partial charge in [0.25, 0.3) is 0 Å². The number of Topliss-reactive ketones (excluding diaryl/α,β-unsaturated/α-hetero) is 1. The number of carbonyl (C=O) groups excluding carboxylic acids is 2. The summed E-state index contributed by atoms with van der Waals surface area (Å²) >= 11 is 0. The van der Waals surface area contributed by atoms with Crippen LogP contribution in [0.5, 0.6) is 28.7 Å². The molecule has 4 aromatic rings. The topological polar surface area (TPSA) is 85.2 Å². The molecule has 2 aliphatic heterocycles. The largest absolute Gasteiger partial charge is 0.496 e. The van der Waals surface area contributed by atoms with E-state index in [1.807, 2.05) is 42.1 Å². The minimum absolute atomic E-state index is 0.0369. The molecule has 38 heavy (non-hydrogen) atoms. The maximum Gasteiger partial charge on any atom is 0.312 e. The van der Waals surface area contributed by atoms with E-state index < -0.39 is 11.9 Å². The van der Waals surface area contributed by atoms with Crippen LogP contribution >= 0.6 is 0 Å². The minimum atomic E-state index is -0.499. The van der Waals surface area contributed by atoms with Crippen LogP contribution < -0.4 is 23.7 Å². The minimum Gasteiger partial charge on any atom is -0.496 e. The molecule has 0 fully saturated rings. The molecule has 2 aliphatic rings. The molecule has 1 aromatic heterocycles. The van der Waals surface area contributed by atoms with Crippen LogP contribution in [0, 0.1) is 0 Å². The molecule has 0 saturated carbocycles. The van der Waals surface area contributed by atoms with E-state index in [9.17, 15) is 9.59 Å². The summed E-state index contributed by atoms with van der Waals surface area (Å²) in [5.41, 5.74) is 3.64. The molecule has 8 heteroatoms. The van der Waals surface area contributed by atoms with Crippen molar-refractivity contribution in [3.8, 4) is 28.7 Å². The van der Waals surface area contributed by atoms with Crippen LogP contribution in [0.15, 0.2) is 60.5 Å². The monoisotopic (exact) mass is 511 g/mol. The van der Waals surface area contributed by atoms with E-state index in [0.717, 1.165) is 16.5 Å². The number of rotatable bonds is 5. The van der Waals surface area contributed by atoms with Crippen molar-refractivity contribution >= 4 is 28.7 Å². The number of allylic oxidation sites excluding steroid dienone is 1. The third-order valence-electron chi connectivity index (χ3n) is 7.11. The number of aromatic nitrogens is 1. The Morgan fingerprint density at radius 2 is 1.66 bits per heavy atom. The molecule has 0 N–H and O–H groups in total. The first-order valence-electron chi connectivity index (χ1n) is 12.1. The number of ether oxygens (including phenoxy) is 5. The molecule has 0 unspecified atom stereocenters. The average molecular weight is 512 g/mol. The van der Waals surface area contributed by atoms with Gasteiger partial charge in [0.05, 0.1) is 33.3 Å². The molecule has 0 aliphatic carbocycles. The Morgan fingerprint density at radius 1 is 0.921 bits per heavy atom. The molecule has 0 amide bonds. The zero-order valence-corrected chi connectivity index (χ0v) is 21.4. The summed E-state index contributed by atoms with van der Waals surface area (Å²) in [5, 5.41) is 1.01. The number of aryl methyl sites for hydroxylation is 1. The predicted molar refractivity (Wildman–Crippen MR) is 140 cm³/mol. The summed E-state index contributed by atoms with van der Waals surface area (Å²) < 4.78 is 30.5. The standard InChI is InChI=1S/C30H25NO7/c1-31-15-16(17-7-5-6-8-21(17)31)11-26-29(33)18-9-10-22-28(30(18)38-26)20(13-27(32)37-22)19-12-24(35-3)25(36-4)14-23(19)34-2/h5-12,14-15,20H,13H2,1-4H3/b26-11+/t20-/m0/s1. The average Bonchev–Trinajstić information content (AvgIpc) is 3.43. The Balaban J connectivity index is 1.49. The zero-order chi connectivity index (χ0) is 26.6. The lowest BCUT2D eigenvalue weighted by Gasteiger charge is -2.28. The second-order valence-electron chi connectivity index (χ2n) is 9.19. The number of methoxy groups -OCH3 is 3. The first kappa shape index (κ1) is 23.7. The number of ketones is 1. The first-order chi connectivity index (χ1) is 18.4. The lowest BCUT2D eigenvalue weighted by molar-refractivity contribution is -0.135. The number of nitrogens with zero attached hydrogens (tertiary/aromatic N) is 1. The van der Waals surface area contributed by atoms with E-state index in [0.29, 0.717) is 45.4 Å². The number of esters is 1. The molecule has 0 radical (unpaired) electrons. The third-order valence-corrected chi connectivity index (χ3v) is 7.11. The third kappa shape index (κ3) is 3.60. The smallest absolute Gasteiger partial charge is 0.312 e. The van der Waals surface area contributed by atoms with Crippen molar-refractivity contribution in [1.82, 2.24) is 4.57 Å². The van der Waals surface area contributed by atoms with Crippen LogP contribution in [0.3, 0.4) is 0 Å². The van der Waals surface area contributed by atoms with Crippen molar-refractivity contribution < 1.29 is 33.3 Å². The van der Waals surface area contributed by atoms with Crippen molar-refractivity contribution in [3.05, 3.63) is 82.7 Å². The molecule has 3 aromatic carbocycles. The van der Waals surface area contributed by atoms with Gasteiger partial charge in [0.1, 0.15) is 17.2 Å². The van der Waals surface area contributed by atoms with Gasteiger partial charge in [0.2, 0.25) is 5.78 Å². The van der Waals surface area contributed by atoms with Crippen molar-refractivity contribution in [1.29, 1.82) is 0 Å². The Labute approximate surface area is 218 Å². The molecule has 8 nitrogen and oxygen atoms in total. The number of para-hydroxylation sites is 1. The summed E-state index contributed by atoms with van der Waals surface area (Å²) in [5.74, 6) is 1.32. The van der Waals surface area contributed by atoms with Crippen molar-refractivity contribution in [2.45, 2.75) is 12.3 Å². The molecule has 0 bridgehead atoms.